The van der Waals surface area contributed by atoms with E-state index in [9.17, 15) is 18.7 Å². The van der Waals surface area contributed by atoms with Crippen molar-refractivity contribution in [3.63, 3.8) is 0 Å². The van der Waals surface area contributed by atoms with Crippen molar-refractivity contribution < 1.29 is 23.4 Å². The molecular formula is C18H16BrClF2N2O3. The number of alkyl halides is 3. The Bertz CT molecular complexity index is 830. The van der Waals surface area contributed by atoms with Gasteiger partial charge in [0, 0.05) is 40.4 Å². The molecule has 0 spiro atoms. The van der Waals surface area contributed by atoms with Crippen LogP contribution in [0.5, 0.6) is 5.75 Å². The summed E-state index contributed by atoms with van der Waals surface area (Å²) in [4.78, 5) is 14.5. The van der Waals surface area contributed by atoms with E-state index in [2.05, 4.69) is 26.0 Å². The van der Waals surface area contributed by atoms with Crippen LogP contribution in [0.4, 0.5) is 20.2 Å². The van der Waals surface area contributed by atoms with Crippen molar-refractivity contribution in [3.8, 4) is 5.75 Å². The Morgan fingerprint density at radius 2 is 2.00 bits per heavy atom. The van der Waals surface area contributed by atoms with Gasteiger partial charge in [-0.1, -0.05) is 0 Å². The summed E-state index contributed by atoms with van der Waals surface area (Å²) in [6.45, 7) is 1.31. The van der Waals surface area contributed by atoms with E-state index in [1.165, 1.54) is 24.3 Å². The molecule has 1 aliphatic rings. The minimum Gasteiger partial charge on any atom is -0.420 e. The highest BCUT2D eigenvalue weighted by atomic mass is 79.9. The second-order valence-electron chi connectivity index (χ2n) is 6.08. The fraction of sp³-hybridized carbons (Fsp3) is 0.278. The zero-order valence-corrected chi connectivity index (χ0v) is 16.3. The molecule has 0 bridgehead atoms. The maximum Gasteiger partial charge on any atom is 0.487 e. The third-order valence-corrected chi connectivity index (χ3v) is 4.77. The second kappa shape index (κ2) is 8.00. The number of amides is 1. The van der Waals surface area contributed by atoms with Gasteiger partial charge in [0.25, 0.3) is 5.91 Å². The molecule has 1 amide bonds. The summed E-state index contributed by atoms with van der Waals surface area (Å²) in [5.41, 5.74) is -2.03. The van der Waals surface area contributed by atoms with Crippen LogP contribution in [0.3, 0.4) is 0 Å². The summed E-state index contributed by atoms with van der Waals surface area (Å²) < 4.78 is 30.2. The molecule has 9 heteroatoms. The van der Waals surface area contributed by atoms with Gasteiger partial charge in [0.15, 0.2) is 0 Å². The highest BCUT2D eigenvalue weighted by Crippen LogP contribution is 2.30. The SMILES string of the molecule is O=C(Nc1ccc(OC(F)(F)Cl)cc1)c1ccc(N2CCC(O)C2)c(Br)c1. The normalized spacial score (nSPS) is 17.1. The van der Waals surface area contributed by atoms with Crippen LogP contribution in [0.2, 0.25) is 0 Å². The van der Waals surface area contributed by atoms with Crippen molar-refractivity contribution in [1.29, 1.82) is 0 Å². The van der Waals surface area contributed by atoms with Gasteiger partial charge in [0.2, 0.25) is 0 Å². The monoisotopic (exact) mass is 460 g/mol. The number of carbonyl (C=O) groups excluding carboxylic acids is 1. The molecule has 27 heavy (non-hydrogen) atoms. The maximum absolute atomic E-state index is 12.6. The Labute approximate surface area is 168 Å². The summed E-state index contributed by atoms with van der Waals surface area (Å²) in [5, 5.41) is 12.3. The molecule has 1 atom stereocenters. The van der Waals surface area contributed by atoms with Gasteiger partial charge in [-0.05, 0) is 64.8 Å². The zero-order chi connectivity index (χ0) is 19.6. The average molecular weight is 462 g/mol. The van der Waals surface area contributed by atoms with Crippen molar-refractivity contribution in [1.82, 2.24) is 0 Å². The van der Waals surface area contributed by atoms with Crippen LogP contribution in [-0.2, 0) is 0 Å². The molecular weight excluding hydrogens is 446 g/mol. The van der Waals surface area contributed by atoms with Crippen LogP contribution in [0, 0.1) is 0 Å². The minimum absolute atomic E-state index is 0.118. The van der Waals surface area contributed by atoms with Gasteiger partial charge in [0.05, 0.1) is 11.8 Å². The molecule has 1 fully saturated rings. The van der Waals surface area contributed by atoms with Gasteiger partial charge in [-0.25, -0.2) is 0 Å². The number of ether oxygens (including phenoxy) is 1. The van der Waals surface area contributed by atoms with Gasteiger partial charge in [-0.3, -0.25) is 4.79 Å². The van der Waals surface area contributed by atoms with Crippen molar-refractivity contribution in [2.45, 2.75) is 18.1 Å². The van der Waals surface area contributed by atoms with E-state index in [0.29, 0.717) is 24.2 Å². The molecule has 0 radical (unpaired) electrons. The Morgan fingerprint density at radius 3 is 2.56 bits per heavy atom. The van der Waals surface area contributed by atoms with E-state index in [1.54, 1.807) is 12.1 Å². The van der Waals surface area contributed by atoms with E-state index in [-0.39, 0.29) is 17.8 Å². The van der Waals surface area contributed by atoms with Crippen LogP contribution in [0.1, 0.15) is 16.8 Å². The van der Waals surface area contributed by atoms with Crippen LogP contribution in [0.25, 0.3) is 0 Å². The molecule has 1 saturated heterocycles. The first-order chi connectivity index (χ1) is 12.7. The number of rotatable bonds is 5. The number of hydrogen-bond acceptors (Lipinski definition) is 4. The lowest BCUT2D eigenvalue weighted by molar-refractivity contribution is -0.0964. The van der Waals surface area contributed by atoms with E-state index in [0.717, 1.165) is 16.7 Å². The number of benzene rings is 2. The number of nitrogens with zero attached hydrogens (tertiary/aromatic N) is 1. The van der Waals surface area contributed by atoms with Crippen LogP contribution in [-0.4, -0.2) is 35.8 Å². The lowest BCUT2D eigenvalue weighted by Gasteiger charge is -2.20. The molecule has 1 aliphatic heterocycles. The summed E-state index contributed by atoms with van der Waals surface area (Å²) in [6.07, 6.45) is 0.370. The smallest absolute Gasteiger partial charge is 0.420 e. The number of hydrogen-bond donors (Lipinski definition) is 2. The van der Waals surface area contributed by atoms with Gasteiger partial charge < -0.3 is 20.1 Å². The predicted molar refractivity (Wildman–Crippen MR) is 103 cm³/mol. The average Bonchev–Trinajstić information content (AvgIpc) is 3.01. The first kappa shape index (κ1) is 19.9. The third-order valence-electron chi connectivity index (χ3n) is 4.06. The summed E-state index contributed by atoms with van der Waals surface area (Å²) >= 11 is 8.17. The first-order valence-electron chi connectivity index (χ1n) is 8.11. The van der Waals surface area contributed by atoms with Crippen LogP contribution < -0.4 is 15.0 Å². The van der Waals surface area contributed by atoms with Crippen LogP contribution in [0.15, 0.2) is 46.9 Å². The standard InChI is InChI=1S/C18H16BrClF2N2O3/c19-15-9-11(1-6-16(15)24-8-7-13(25)10-24)17(26)23-12-2-4-14(5-3-12)27-18(20,21)22/h1-6,9,13,25H,7-8,10H2,(H,23,26). The molecule has 2 N–H and O–H groups in total. The number of nitrogens with one attached hydrogen (secondary N) is 1. The number of aliphatic hydroxyl groups excluding tert-OH is 1. The van der Waals surface area contributed by atoms with Gasteiger partial charge in [-0.15, -0.1) is 8.78 Å². The Kier molecular flexibility index (Phi) is 5.88. The molecule has 0 aromatic heterocycles. The van der Waals surface area contributed by atoms with Crippen molar-refractivity contribution in [2.24, 2.45) is 0 Å². The van der Waals surface area contributed by atoms with E-state index in [1.807, 2.05) is 11.0 Å². The molecule has 2 aromatic carbocycles. The van der Waals surface area contributed by atoms with E-state index >= 15 is 0 Å². The molecule has 0 saturated carbocycles. The highest BCUT2D eigenvalue weighted by molar-refractivity contribution is 9.10. The van der Waals surface area contributed by atoms with Gasteiger partial charge >= 0.3 is 5.57 Å². The molecule has 3 rings (SSSR count). The highest BCUT2D eigenvalue weighted by Gasteiger charge is 2.27. The minimum atomic E-state index is -3.79. The number of halogens is 4. The number of aliphatic hydroxyl groups is 1. The first-order valence-corrected chi connectivity index (χ1v) is 9.28. The summed E-state index contributed by atoms with van der Waals surface area (Å²) in [5.74, 6) is -0.465. The van der Waals surface area contributed by atoms with Crippen molar-refractivity contribution in [2.75, 3.05) is 23.3 Å². The topological polar surface area (TPSA) is 61.8 Å². The molecule has 1 unspecified atom stereocenters. The fourth-order valence-corrected chi connectivity index (χ4v) is 3.53. The Hall–Kier alpha value is -1.90. The predicted octanol–water partition coefficient (Wildman–Crippen LogP) is 4.44. The quantitative estimate of drug-likeness (QED) is 0.646. The van der Waals surface area contributed by atoms with E-state index < -0.39 is 5.57 Å². The van der Waals surface area contributed by atoms with E-state index in [4.69, 9.17) is 11.6 Å². The Morgan fingerprint density at radius 1 is 1.30 bits per heavy atom. The van der Waals surface area contributed by atoms with Crippen LogP contribution >= 0.6 is 27.5 Å². The largest absolute Gasteiger partial charge is 0.487 e. The maximum atomic E-state index is 12.6. The number of anilines is 2. The van der Waals surface area contributed by atoms with Gasteiger partial charge in [-0.2, -0.15) is 0 Å². The summed E-state index contributed by atoms with van der Waals surface area (Å²) in [6, 6.07) is 10.6. The lowest BCUT2D eigenvalue weighted by atomic mass is 10.1. The number of carbonyl (C=O) groups is 1. The summed E-state index contributed by atoms with van der Waals surface area (Å²) in [7, 11) is 0. The van der Waals surface area contributed by atoms with Gasteiger partial charge in [0.1, 0.15) is 5.75 Å². The Balaban J connectivity index is 1.66. The molecule has 2 aromatic rings. The van der Waals surface area contributed by atoms with Crippen molar-refractivity contribution in [3.05, 3.63) is 52.5 Å². The zero-order valence-electron chi connectivity index (χ0n) is 14.0. The lowest BCUT2D eigenvalue weighted by Crippen LogP contribution is -2.21. The third kappa shape index (κ3) is 5.31. The van der Waals surface area contributed by atoms with Crippen molar-refractivity contribution >= 4 is 44.8 Å². The molecule has 5 nitrogen and oxygen atoms in total. The fourth-order valence-electron chi connectivity index (χ4n) is 2.81. The molecule has 144 valence electrons. The molecule has 1 heterocycles. The second-order valence-corrected chi connectivity index (χ2v) is 7.38. The number of β-amino-alcohol motifs (C(OH)–C–C–N with tert-alkyl or cyclic N) is 1. The molecule has 0 aliphatic carbocycles.